The number of aromatic carboxylic acids is 1. The summed E-state index contributed by atoms with van der Waals surface area (Å²) in [6.45, 7) is -0.145. The van der Waals surface area contributed by atoms with Crippen molar-refractivity contribution in [3.63, 3.8) is 0 Å². The van der Waals surface area contributed by atoms with Gasteiger partial charge in [-0.25, -0.2) is 4.79 Å². The third-order valence-electron chi connectivity index (χ3n) is 5.42. The Morgan fingerprint density at radius 2 is 1.65 bits per heavy atom. The number of thioether (sulfide) groups is 1. The number of rotatable bonds is 9. The van der Waals surface area contributed by atoms with Crippen LogP contribution in [0.5, 0.6) is 11.5 Å². The molecule has 3 aromatic rings. The van der Waals surface area contributed by atoms with Gasteiger partial charge in [0.15, 0.2) is 17.3 Å². The third-order valence-corrected chi connectivity index (χ3v) is 6.86. The highest BCUT2D eigenvalue weighted by Crippen LogP contribution is 2.35. The number of methoxy groups -OCH3 is 1. The average molecular weight is 582 g/mol. The molecule has 1 saturated heterocycles. The van der Waals surface area contributed by atoms with Crippen LogP contribution in [0.3, 0.4) is 0 Å². The largest absolute Gasteiger partial charge is 0.493 e. The van der Waals surface area contributed by atoms with Gasteiger partial charge in [0.2, 0.25) is 0 Å². The first-order valence-corrected chi connectivity index (χ1v) is 12.5. The molecule has 0 unspecified atom stereocenters. The summed E-state index contributed by atoms with van der Waals surface area (Å²) in [4.78, 5) is 50.0. The van der Waals surface area contributed by atoms with E-state index in [2.05, 4.69) is 15.9 Å². The average Bonchev–Trinajstić information content (AvgIpc) is 3.15. The zero-order valence-electron chi connectivity index (χ0n) is 19.5. The van der Waals surface area contributed by atoms with Crippen LogP contribution in [-0.4, -0.2) is 46.6 Å². The minimum absolute atomic E-state index is 0.188. The fourth-order valence-electron chi connectivity index (χ4n) is 3.46. The second-order valence-corrected chi connectivity index (χ2v) is 9.81. The summed E-state index contributed by atoms with van der Waals surface area (Å²) in [5, 5.41) is 8.50. The minimum atomic E-state index is -1.00. The van der Waals surface area contributed by atoms with E-state index < -0.39 is 17.1 Å². The first-order chi connectivity index (χ1) is 17.7. The van der Waals surface area contributed by atoms with Crippen LogP contribution in [0.1, 0.15) is 31.8 Å². The van der Waals surface area contributed by atoms with Crippen molar-refractivity contribution >= 4 is 56.7 Å². The van der Waals surface area contributed by atoms with E-state index in [9.17, 15) is 19.2 Å². The van der Waals surface area contributed by atoms with Crippen molar-refractivity contribution in [1.82, 2.24) is 4.90 Å². The summed E-state index contributed by atoms with van der Waals surface area (Å²) in [5.74, 6) is -1.00. The van der Waals surface area contributed by atoms with Crippen molar-refractivity contribution in [3.8, 4) is 11.5 Å². The van der Waals surface area contributed by atoms with E-state index in [4.69, 9.17) is 14.6 Å². The summed E-state index contributed by atoms with van der Waals surface area (Å²) >= 11 is 4.08. The molecule has 0 aliphatic carbocycles. The number of carbonyl (C=O) groups excluding carboxylic acids is 3. The maximum absolute atomic E-state index is 12.9. The number of nitrogens with zero attached hydrogens (tertiary/aromatic N) is 1. The lowest BCUT2D eigenvalue weighted by atomic mass is 10.1. The molecule has 2 amide bonds. The number of carboxylic acids is 1. The van der Waals surface area contributed by atoms with Crippen molar-refractivity contribution in [3.05, 3.63) is 98.4 Å². The van der Waals surface area contributed by atoms with Gasteiger partial charge in [-0.05, 0) is 65.4 Å². The van der Waals surface area contributed by atoms with Gasteiger partial charge in [0.1, 0.15) is 6.61 Å². The van der Waals surface area contributed by atoms with Gasteiger partial charge < -0.3 is 14.6 Å². The summed E-state index contributed by atoms with van der Waals surface area (Å²) in [6.07, 6.45) is 1.56. The molecular weight excluding hydrogens is 562 g/mol. The van der Waals surface area contributed by atoms with Gasteiger partial charge in [-0.3, -0.25) is 19.3 Å². The van der Waals surface area contributed by atoms with Gasteiger partial charge in [-0.2, -0.15) is 0 Å². The van der Waals surface area contributed by atoms with Crippen molar-refractivity contribution < 1.29 is 33.8 Å². The molecule has 8 nitrogen and oxygen atoms in total. The number of ether oxygens (including phenoxy) is 2. The summed E-state index contributed by atoms with van der Waals surface area (Å²) < 4.78 is 12.1. The second-order valence-electron chi connectivity index (χ2n) is 7.90. The molecule has 1 aliphatic rings. The van der Waals surface area contributed by atoms with Gasteiger partial charge >= 0.3 is 5.97 Å². The lowest BCUT2D eigenvalue weighted by Crippen LogP contribution is -2.33. The number of ketones is 1. The van der Waals surface area contributed by atoms with Gasteiger partial charge in [-0.15, -0.1) is 0 Å². The molecule has 1 aliphatic heterocycles. The molecule has 0 bridgehead atoms. The molecule has 37 heavy (non-hydrogen) atoms. The molecule has 0 atom stereocenters. The van der Waals surface area contributed by atoms with Crippen molar-refractivity contribution in [2.24, 2.45) is 0 Å². The molecule has 0 spiro atoms. The number of halogens is 1. The Labute approximate surface area is 225 Å². The molecule has 1 fully saturated rings. The molecule has 10 heteroatoms. The van der Waals surface area contributed by atoms with E-state index in [0.29, 0.717) is 22.6 Å². The quantitative estimate of drug-likeness (QED) is 0.255. The van der Waals surface area contributed by atoms with Crippen LogP contribution in [-0.2, 0) is 11.4 Å². The molecule has 1 heterocycles. The Morgan fingerprint density at radius 3 is 2.30 bits per heavy atom. The maximum atomic E-state index is 12.9. The van der Waals surface area contributed by atoms with E-state index in [0.717, 1.165) is 26.7 Å². The highest BCUT2D eigenvalue weighted by molar-refractivity contribution is 9.10. The zero-order valence-corrected chi connectivity index (χ0v) is 21.9. The molecular formula is C27H20BrNO7S. The Hall–Kier alpha value is -3.89. The van der Waals surface area contributed by atoms with Crippen LogP contribution >= 0.6 is 27.7 Å². The van der Waals surface area contributed by atoms with Crippen LogP contribution in [0.2, 0.25) is 0 Å². The first kappa shape index (κ1) is 26.2. The predicted octanol–water partition coefficient (Wildman–Crippen LogP) is 5.65. The fourth-order valence-corrected chi connectivity index (χ4v) is 4.56. The Balaban J connectivity index is 1.44. The first-order valence-electron chi connectivity index (χ1n) is 10.9. The van der Waals surface area contributed by atoms with Crippen molar-refractivity contribution in [1.29, 1.82) is 0 Å². The summed E-state index contributed by atoms with van der Waals surface area (Å²) in [6, 6.07) is 18.1. The summed E-state index contributed by atoms with van der Waals surface area (Å²) in [5.41, 5.74) is 1.99. The number of hydrogen-bond donors (Lipinski definition) is 1. The predicted molar refractivity (Wildman–Crippen MR) is 142 cm³/mol. The topological polar surface area (TPSA) is 110 Å². The normalized spacial score (nSPS) is 14.2. The number of amides is 2. The van der Waals surface area contributed by atoms with Gasteiger partial charge in [-0.1, -0.05) is 46.3 Å². The second kappa shape index (κ2) is 11.4. The Kier molecular flexibility index (Phi) is 8.10. The number of imide groups is 1. The van der Waals surface area contributed by atoms with E-state index in [1.165, 1.54) is 19.2 Å². The number of benzene rings is 3. The number of hydrogen-bond acceptors (Lipinski definition) is 7. The van der Waals surface area contributed by atoms with Crippen LogP contribution in [0.15, 0.2) is 76.1 Å². The van der Waals surface area contributed by atoms with Crippen LogP contribution in [0.4, 0.5) is 4.79 Å². The standard InChI is InChI=1S/C27H20BrNO7S/c1-35-23-12-17(4-11-22(23)36-15-16-2-5-19(6-3-16)26(32)33)13-24-25(31)29(27(34)37-24)14-21(30)18-7-9-20(28)10-8-18/h2-13H,14-15H2,1H3,(H,32,33)/b24-13-. The van der Waals surface area contributed by atoms with Gasteiger partial charge in [0.05, 0.1) is 24.1 Å². The van der Waals surface area contributed by atoms with E-state index in [1.807, 2.05) is 0 Å². The lowest BCUT2D eigenvalue weighted by molar-refractivity contribution is -0.122. The molecule has 188 valence electrons. The molecule has 0 saturated carbocycles. The molecule has 0 radical (unpaired) electrons. The molecule has 0 aromatic heterocycles. The maximum Gasteiger partial charge on any atom is 0.335 e. The summed E-state index contributed by atoms with van der Waals surface area (Å²) in [7, 11) is 1.48. The van der Waals surface area contributed by atoms with E-state index in [-0.39, 0.29) is 29.4 Å². The van der Waals surface area contributed by atoms with Gasteiger partial charge in [0.25, 0.3) is 11.1 Å². The van der Waals surface area contributed by atoms with Crippen LogP contribution in [0.25, 0.3) is 6.08 Å². The number of Topliss-reactive ketones (excluding diaryl/α,β-unsaturated/α-hetero) is 1. The monoisotopic (exact) mass is 581 g/mol. The number of carbonyl (C=O) groups is 4. The van der Waals surface area contributed by atoms with Crippen molar-refractivity contribution in [2.75, 3.05) is 13.7 Å². The Morgan fingerprint density at radius 1 is 0.973 bits per heavy atom. The van der Waals surface area contributed by atoms with Gasteiger partial charge in [0, 0.05) is 10.0 Å². The minimum Gasteiger partial charge on any atom is -0.493 e. The molecule has 4 rings (SSSR count). The van der Waals surface area contributed by atoms with Crippen LogP contribution < -0.4 is 9.47 Å². The number of carboxylic acid groups (broad SMARTS) is 1. The van der Waals surface area contributed by atoms with Crippen molar-refractivity contribution in [2.45, 2.75) is 6.61 Å². The van der Waals surface area contributed by atoms with E-state index >= 15 is 0 Å². The third kappa shape index (κ3) is 6.28. The fraction of sp³-hybridized carbons (Fsp3) is 0.111. The lowest BCUT2D eigenvalue weighted by Gasteiger charge is -2.12. The SMILES string of the molecule is COc1cc(/C=C2\SC(=O)N(CC(=O)c3ccc(Br)cc3)C2=O)ccc1OCc1ccc(C(=O)O)cc1. The smallest absolute Gasteiger partial charge is 0.335 e. The highest BCUT2D eigenvalue weighted by atomic mass is 79.9. The highest BCUT2D eigenvalue weighted by Gasteiger charge is 2.36. The molecule has 1 N–H and O–H groups in total. The van der Waals surface area contributed by atoms with E-state index in [1.54, 1.807) is 60.7 Å². The zero-order chi connectivity index (χ0) is 26.5. The van der Waals surface area contributed by atoms with Crippen LogP contribution in [0, 0.1) is 0 Å². The Bertz CT molecular complexity index is 1400. The molecule has 3 aromatic carbocycles.